The minimum atomic E-state index is -2.69. The lowest BCUT2D eigenvalue weighted by Gasteiger charge is -2.28. The van der Waals surface area contributed by atoms with Gasteiger partial charge in [-0.25, -0.2) is 14.0 Å². The molecular weight excluding hydrogens is 573 g/mol. The van der Waals surface area contributed by atoms with Gasteiger partial charge in [-0.2, -0.15) is 0 Å². The Bertz CT molecular complexity index is 1110. The summed E-state index contributed by atoms with van der Waals surface area (Å²) in [7, 11) is -1.42. The van der Waals surface area contributed by atoms with Crippen LogP contribution < -0.4 is 10.1 Å². The van der Waals surface area contributed by atoms with Gasteiger partial charge in [0.05, 0.1) is 20.3 Å². The van der Waals surface area contributed by atoms with E-state index in [4.69, 9.17) is 22.8 Å². The average Bonchev–Trinajstić information content (AvgIpc) is 3.00. The van der Waals surface area contributed by atoms with Crippen molar-refractivity contribution in [3.63, 3.8) is 0 Å². The first kappa shape index (κ1) is 35.9. The summed E-state index contributed by atoms with van der Waals surface area (Å²) in [6, 6.07) is 13.0. The van der Waals surface area contributed by atoms with Crippen LogP contribution in [0.1, 0.15) is 58.4 Å². The number of nitrogens with one attached hydrogen (secondary N) is 1. The smallest absolute Gasteiger partial charge is 0.494 e. The Morgan fingerprint density at radius 1 is 0.837 bits per heavy atom. The summed E-state index contributed by atoms with van der Waals surface area (Å²) in [6.07, 6.45) is 6.39. The largest absolute Gasteiger partial charge is 0.500 e. The van der Waals surface area contributed by atoms with E-state index in [1.54, 1.807) is 12.1 Å². The fourth-order valence-electron chi connectivity index (χ4n) is 4.27. The zero-order valence-electron chi connectivity index (χ0n) is 25.8. The number of halogens is 1. The molecule has 1 N–H and O–H groups in total. The molecule has 2 aromatic rings. The van der Waals surface area contributed by atoms with Crippen LogP contribution in [-0.4, -0.2) is 67.6 Å². The summed E-state index contributed by atoms with van der Waals surface area (Å²) >= 11 is 0. The summed E-state index contributed by atoms with van der Waals surface area (Å²) in [4.78, 5) is 23.2. The predicted octanol–water partition coefficient (Wildman–Crippen LogP) is 6.78. The van der Waals surface area contributed by atoms with E-state index in [0.29, 0.717) is 57.6 Å². The van der Waals surface area contributed by atoms with Crippen LogP contribution in [0.3, 0.4) is 0 Å². The van der Waals surface area contributed by atoms with E-state index in [9.17, 15) is 14.0 Å². The predicted molar refractivity (Wildman–Crippen MR) is 166 cm³/mol. The number of esters is 1. The van der Waals surface area contributed by atoms with E-state index >= 15 is 0 Å². The number of alkyl carbamates (subject to hydrolysis) is 1. The minimum absolute atomic E-state index is 0.307. The van der Waals surface area contributed by atoms with Crippen molar-refractivity contribution in [2.45, 2.75) is 58.9 Å². The zero-order chi connectivity index (χ0) is 31.3. The molecule has 0 aromatic heterocycles. The second-order valence-corrected chi connectivity index (χ2v) is 12.3. The lowest BCUT2D eigenvalue weighted by atomic mass is 10.0. The van der Waals surface area contributed by atoms with Gasteiger partial charge in [-0.05, 0) is 88.3 Å². The van der Waals surface area contributed by atoms with Crippen LogP contribution in [0, 0.1) is 5.82 Å². The van der Waals surface area contributed by atoms with Crippen LogP contribution in [0.2, 0.25) is 6.04 Å². The normalized spacial score (nSPS) is 11.5. The summed E-state index contributed by atoms with van der Waals surface area (Å²) in [6.45, 7) is 8.77. The number of amides is 1. The number of carbonyl (C=O) groups is 2. The van der Waals surface area contributed by atoms with Gasteiger partial charge in [-0.3, -0.25) is 0 Å². The molecule has 2 rings (SSSR count). The zero-order valence-corrected chi connectivity index (χ0v) is 26.8. The van der Waals surface area contributed by atoms with Crippen LogP contribution >= 0.6 is 0 Å². The molecule has 238 valence electrons. The molecule has 0 spiro atoms. The number of rotatable bonds is 21. The highest BCUT2D eigenvalue weighted by molar-refractivity contribution is 6.60. The number of methoxy groups -OCH3 is 1. The number of hydrogen-bond acceptors (Lipinski definition) is 8. The molecule has 1 amide bonds. The quantitative estimate of drug-likeness (QED) is 0.0706. The van der Waals surface area contributed by atoms with Gasteiger partial charge in [0.25, 0.3) is 0 Å². The lowest BCUT2D eigenvalue weighted by Crippen LogP contribution is -2.46. The maximum Gasteiger partial charge on any atom is 0.500 e. The van der Waals surface area contributed by atoms with Crippen molar-refractivity contribution >= 4 is 26.9 Å². The second kappa shape index (κ2) is 20.6. The topological polar surface area (TPSA) is 102 Å². The summed E-state index contributed by atoms with van der Waals surface area (Å²) < 4.78 is 47.5. The van der Waals surface area contributed by atoms with Crippen LogP contribution in [0.5, 0.6) is 5.75 Å². The molecule has 0 aliphatic heterocycles. The van der Waals surface area contributed by atoms with E-state index in [0.717, 1.165) is 42.6 Å². The second-order valence-electron chi connectivity index (χ2n) is 9.53. The van der Waals surface area contributed by atoms with Crippen molar-refractivity contribution in [2.24, 2.45) is 0 Å². The molecule has 0 aliphatic carbocycles. The highest BCUT2D eigenvalue weighted by atomic mass is 28.4. The Labute approximate surface area is 256 Å². The molecular formula is C32H46FNO8Si. The van der Waals surface area contributed by atoms with Crippen LogP contribution in [0.15, 0.2) is 48.5 Å². The van der Waals surface area contributed by atoms with E-state index in [1.165, 1.54) is 25.3 Å². The molecule has 0 atom stereocenters. The van der Waals surface area contributed by atoms with E-state index < -0.39 is 26.7 Å². The number of unbranched alkanes of at least 4 members (excludes halogenated alkanes) is 3. The van der Waals surface area contributed by atoms with Crippen molar-refractivity contribution in [3.05, 3.63) is 59.9 Å². The van der Waals surface area contributed by atoms with Crippen LogP contribution in [0.4, 0.5) is 9.18 Å². The van der Waals surface area contributed by atoms with Crippen molar-refractivity contribution in [1.82, 2.24) is 5.32 Å². The third kappa shape index (κ3) is 13.7. The van der Waals surface area contributed by atoms with Crippen LogP contribution in [0.25, 0.3) is 17.2 Å². The summed E-state index contributed by atoms with van der Waals surface area (Å²) in [5.41, 5.74) is 1.89. The third-order valence-electron chi connectivity index (χ3n) is 6.35. The molecule has 0 bridgehead atoms. The number of benzene rings is 2. The monoisotopic (exact) mass is 619 g/mol. The van der Waals surface area contributed by atoms with Crippen LogP contribution in [-0.2, 0) is 27.5 Å². The molecule has 2 aromatic carbocycles. The molecule has 0 heterocycles. The molecule has 0 saturated heterocycles. The van der Waals surface area contributed by atoms with Gasteiger partial charge in [0.2, 0.25) is 0 Å². The maximum absolute atomic E-state index is 14.4. The maximum atomic E-state index is 14.4. The van der Waals surface area contributed by atoms with Gasteiger partial charge < -0.3 is 32.8 Å². The Morgan fingerprint density at radius 2 is 1.47 bits per heavy atom. The number of hydrogen-bond donors (Lipinski definition) is 1. The molecule has 11 heteroatoms. The van der Waals surface area contributed by atoms with E-state index in [-0.39, 0.29) is 0 Å². The number of carbonyl (C=O) groups excluding carboxylic acids is 2. The molecule has 0 radical (unpaired) electrons. The molecule has 0 aliphatic rings. The van der Waals surface area contributed by atoms with Gasteiger partial charge in [0.1, 0.15) is 11.6 Å². The Kier molecular flexibility index (Phi) is 17.2. The van der Waals surface area contributed by atoms with Crippen molar-refractivity contribution < 1.29 is 41.5 Å². The lowest BCUT2D eigenvalue weighted by molar-refractivity contribution is -0.134. The van der Waals surface area contributed by atoms with Crippen molar-refractivity contribution in [1.29, 1.82) is 0 Å². The molecule has 0 unspecified atom stereocenters. The first-order valence-electron chi connectivity index (χ1n) is 15.0. The first-order chi connectivity index (χ1) is 20.9. The van der Waals surface area contributed by atoms with Gasteiger partial charge >= 0.3 is 20.9 Å². The fourth-order valence-corrected chi connectivity index (χ4v) is 6.88. The average molecular weight is 620 g/mol. The molecule has 9 nitrogen and oxygen atoms in total. The Balaban J connectivity index is 1.58. The van der Waals surface area contributed by atoms with Crippen molar-refractivity contribution in [3.8, 4) is 16.9 Å². The standard InChI is InChI=1S/C32H46FNO8Si/c1-5-40-43(41-6-2,42-7-3)24-12-21-34-32(36)39-23-11-9-8-10-22-38-29-18-15-26(16-19-29)28-14-13-27(30(33)25-28)17-20-31(35)37-4/h13-20,25H,5-12,21-24H2,1-4H3,(H,34,36)/b20-17+. The number of ether oxygens (including phenoxy) is 3. The minimum Gasteiger partial charge on any atom is -0.494 e. The summed E-state index contributed by atoms with van der Waals surface area (Å²) in [5.74, 6) is -0.223. The fraction of sp³-hybridized carbons (Fsp3) is 0.500. The molecule has 0 fully saturated rings. The van der Waals surface area contributed by atoms with E-state index in [1.807, 2.05) is 45.0 Å². The summed E-state index contributed by atoms with van der Waals surface area (Å²) in [5, 5.41) is 2.78. The molecule has 0 saturated carbocycles. The van der Waals surface area contributed by atoms with E-state index in [2.05, 4.69) is 10.1 Å². The Morgan fingerprint density at radius 3 is 2.07 bits per heavy atom. The van der Waals surface area contributed by atoms with Gasteiger partial charge in [0, 0.05) is 44.0 Å². The highest BCUT2D eigenvalue weighted by Crippen LogP contribution is 2.25. The van der Waals surface area contributed by atoms with Gasteiger partial charge in [0.15, 0.2) is 0 Å². The third-order valence-corrected chi connectivity index (χ3v) is 9.50. The van der Waals surface area contributed by atoms with Gasteiger partial charge in [-0.15, -0.1) is 0 Å². The SMILES string of the molecule is CCO[Si](CCCNC(=O)OCCCCCCOc1ccc(-c2ccc(/C=C/C(=O)OC)c(F)c2)cc1)(OCC)OCC. The van der Waals surface area contributed by atoms with Crippen molar-refractivity contribution in [2.75, 3.05) is 46.7 Å². The first-order valence-corrected chi connectivity index (χ1v) is 16.9. The van der Waals surface area contributed by atoms with Gasteiger partial charge in [-0.1, -0.05) is 24.3 Å². The highest BCUT2D eigenvalue weighted by Gasteiger charge is 2.39. The molecule has 43 heavy (non-hydrogen) atoms. The Hall–Kier alpha value is -3.25.